The van der Waals surface area contributed by atoms with Crippen molar-refractivity contribution >= 4 is 28.5 Å². The molecular weight excluding hydrogens is 258 g/mol. The molecule has 17 heavy (non-hydrogen) atoms. The molecule has 0 saturated heterocycles. The number of thioether (sulfide) groups is 1. The number of rotatable bonds is 4. The van der Waals surface area contributed by atoms with Gasteiger partial charge in [0.2, 0.25) is 5.16 Å². The van der Waals surface area contributed by atoms with Crippen molar-refractivity contribution in [1.82, 2.24) is 14.3 Å². The van der Waals surface area contributed by atoms with Crippen LogP contribution in [0.1, 0.15) is 19.8 Å². The number of hydrogen-bond donors (Lipinski definition) is 0. The minimum Gasteiger partial charge on any atom is -0.468 e. The third-order valence-electron chi connectivity index (χ3n) is 2.58. The molecule has 1 aromatic rings. The zero-order valence-corrected chi connectivity index (χ0v) is 11.7. The van der Waals surface area contributed by atoms with Gasteiger partial charge in [0.25, 0.3) is 10.4 Å². The lowest BCUT2D eigenvalue weighted by Gasteiger charge is -2.07. The Hall–Kier alpha value is -0.820. The van der Waals surface area contributed by atoms with Gasteiger partial charge in [0.15, 0.2) is 0 Å². The Balaban J connectivity index is 1.85. The quantitative estimate of drug-likeness (QED) is 0.789. The van der Waals surface area contributed by atoms with Crippen LogP contribution in [0, 0.1) is 5.41 Å². The normalized spacial score (nSPS) is 16.6. The van der Waals surface area contributed by atoms with Crippen LogP contribution in [0.4, 0.5) is 4.79 Å². The van der Waals surface area contributed by atoms with Crippen LogP contribution in [0.15, 0.2) is 5.16 Å². The van der Waals surface area contributed by atoms with E-state index >= 15 is 0 Å². The second-order valence-corrected chi connectivity index (χ2v) is 6.34. The van der Waals surface area contributed by atoms with Gasteiger partial charge in [0.05, 0.1) is 6.61 Å². The molecule has 7 heteroatoms. The Labute approximate surface area is 109 Å². The second kappa shape index (κ2) is 4.81. The van der Waals surface area contributed by atoms with Crippen LogP contribution in [0.3, 0.4) is 0 Å². The number of carbonyl (C=O) groups is 1. The van der Waals surface area contributed by atoms with Gasteiger partial charge in [-0.15, -0.1) is 0 Å². The summed E-state index contributed by atoms with van der Waals surface area (Å²) < 4.78 is 9.64. The van der Waals surface area contributed by atoms with E-state index in [-0.39, 0.29) is 5.24 Å². The first kappa shape index (κ1) is 12.6. The number of nitrogens with zero attached hydrogens (tertiary/aromatic N) is 3. The average Bonchev–Trinajstić information content (AvgIpc) is 2.84. The molecule has 5 nitrogen and oxygen atoms in total. The number of carbonyl (C=O) groups excluding carboxylic acids is 1. The van der Waals surface area contributed by atoms with Gasteiger partial charge in [0.1, 0.15) is 0 Å². The third kappa shape index (κ3) is 3.57. The lowest BCUT2D eigenvalue weighted by Crippen LogP contribution is -2.16. The van der Waals surface area contributed by atoms with E-state index in [0.29, 0.717) is 22.4 Å². The summed E-state index contributed by atoms with van der Waals surface area (Å²) in [5.41, 5.74) is 0.332. The fraction of sp³-hybridized carbons (Fsp3) is 0.700. The van der Waals surface area contributed by atoms with E-state index < -0.39 is 0 Å². The molecule has 0 atom stereocenters. The van der Waals surface area contributed by atoms with Crippen molar-refractivity contribution in [3.63, 3.8) is 0 Å². The summed E-state index contributed by atoms with van der Waals surface area (Å²) in [6.07, 6.45) is 2.43. The lowest BCUT2D eigenvalue weighted by atomic mass is 10.2. The minimum atomic E-state index is -0.0801. The molecule has 0 spiro atoms. The van der Waals surface area contributed by atoms with Crippen LogP contribution >= 0.6 is 23.3 Å². The number of hydrogen-bond acceptors (Lipinski definition) is 6. The number of ether oxygens (including phenoxy) is 1. The van der Waals surface area contributed by atoms with Crippen LogP contribution in [-0.4, -0.2) is 40.2 Å². The van der Waals surface area contributed by atoms with Crippen LogP contribution in [0.25, 0.3) is 0 Å². The highest BCUT2D eigenvalue weighted by atomic mass is 32.2. The molecule has 0 bridgehead atoms. The van der Waals surface area contributed by atoms with Crippen LogP contribution < -0.4 is 4.74 Å². The predicted molar refractivity (Wildman–Crippen MR) is 67.7 cm³/mol. The molecule has 1 aliphatic rings. The average molecular weight is 273 g/mol. The van der Waals surface area contributed by atoms with Crippen molar-refractivity contribution in [1.29, 1.82) is 0 Å². The van der Waals surface area contributed by atoms with E-state index in [1.165, 1.54) is 29.3 Å². The minimum absolute atomic E-state index is 0.0801. The monoisotopic (exact) mass is 273 g/mol. The smallest absolute Gasteiger partial charge is 0.294 e. The number of aromatic nitrogens is 2. The maximum atomic E-state index is 11.4. The Morgan fingerprint density at radius 2 is 2.29 bits per heavy atom. The van der Waals surface area contributed by atoms with Gasteiger partial charge in [-0.05, 0) is 12.8 Å². The Morgan fingerprint density at radius 3 is 2.88 bits per heavy atom. The van der Waals surface area contributed by atoms with Crippen molar-refractivity contribution in [2.75, 3.05) is 20.7 Å². The summed E-state index contributed by atoms with van der Waals surface area (Å²) in [7, 11) is 3.40. The fourth-order valence-electron chi connectivity index (χ4n) is 1.06. The predicted octanol–water partition coefficient (Wildman–Crippen LogP) is 2.49. The highest BCUT2D eigenvalue weighted by molar-refractivity contribution is 8.13. The first-order valence-electron chi connectivity index (χ1n) is 5.34. The molecule has 1 amide bonds. The second-order valence-electron chi connectivity index (χ2n) is 4.70. The molecule has 1 saturated carbocycles. The van der Waals surface area contributed by atoms with E-state index in [1.54, 1.807) is 14.1 Å². The Morgan fingerprint density at radius 1 is 1.59 bits per heavy atom. The topological polar surface area (TPSA) is 55.3 Å². The van der Waals surface area contributed by atoms with Gasteiger partial charge in [-0.2, -0.15) is 9.36 Å². The SMILES string of the molecule is CN(C)C(=O)Sc1nsc(OCC2(C)CC2)n1. The van der Waals surface area contributed by atoms with Gasteiger partial charge >= 0.3 is 0 Å². The first-order chi connectivity index (χ1) is 7.98. The summed E-state index contributed by atoms with van der Waals surface area (Å²) in [4.78, 5) is 17.1. The fourth-order valence-corrected chi connectivity index (χ4v) is 2.28. The van der Waals surface area contributed by atoms with Crippen molar-refractivity contribution < 1.29 is 9.53 Å². The maximum absolute atomic E-state index is 11.4. The summed E-state index contributed by atoms with van der Waals surface area (Å²) in [5.74, 6) is 0. The van der Waals surface area contributed by atoms with Crippen LogP contribution in [0.5, 0.6) is 5.19 Å². The van der Waals surface area contributed by atoms with Crippen LogP contribution in [-0.2, 0) is 0 Å². The van der Waals surface area contributed by atoms with Crippen molar-refractivity contribution in [3.05, 3.63) is 0 Å². The molecule has 0 aliphatic heterocycles. The molecule has 94 valence electrons. The molecule has 0 aromatic carbocycles. The van der Waals surface area contributed by atoms with E-state index in [1.807, 2.05) is 0 Å². The molecule has 1 aliphatic carbocycles. The molecule has 1 aromatic heterocycles. The molecule has 1 heterocycles. The standard InChI is InChI=1S/C10H15N3O2S2/c1-10(4-5-10)6-15-8-11-7(12-17-8)16-9(14)13(2)3/h4-6H2,1-3H3. The molecular formula is C10H15N3O2S2. The summed E-state index contributed by atoms with van der Waals surface area (Å²) in [5, 5.41) is 0.931. The van der Waals surface area contributed by atoms with E-state index in [4.69, 9.17) is 4.74 Å². The van der Waals surface area contributed by atoms with E-state index in [0.717, 1.165) is 11.8 Å². The highest BCUT2D eigenvalue weighted by Crippen LogP contribution is 2.45. The lowest BCUT2D eigenvalue weighted by molar-refractivity contribution is 0.241. The molecule has 1 fully saturated rings. The van der Waals surface area contributed by atoms with Crippen molar-refractivity contribution in [2.24, 2.45) is 5.41 Å². The largest absolute Gasteiger partial charge is 0.468 e. The van der Waals surface area contributed by atoms with Gasteiger partial charge in [-0.3, -0.25) is 4.79 Å². The summed E-state index contributed by atoms with van der Waals surface area (Å²) >= 11 is 2.21. The zero-order chi connectivity index (χ0) is 12.5. The molecule has 0 unspecified atom stereocenters. The molecule has 0 N–H and O–H groups in total. The van der Waals surface area contributed by atoms with Gasteiger partial charge < -0.3 is 9.64 Å². The first-order valence-corrected chi connectivity index (χ1v) is 6.93. The van der Waals surface area contributed by atoms with Gasteiger partial charge in [-0.25, -0.2) is 0 Å². The van der Waals surface area contributed by atoms with Crippen LogP contribution in [0.2, 0.25) is 0 Å². The third-order valence-corrected chi connectivity index (χ3v) is 4.23. The van der Waals surface area contributed by atoms with Crippen molar-refractivity contribution in [3.8, 4) is 5.19 Å². The van der Waals surface area contributed by atoms with E-state index in [2.05, 4.69) is 16.3 Å². The summed E-state index contributed by atoms with van der Waals surface area (Å²) in [6.45, 7) is 2.88. The Bertz CT molecular complexity index is 415. The van der Waals surface area contributed by atoms with Crippen molar-refractivity contribution in [2.45, 2.75) is 24.9 Å². The zero-order valence-electron chi connectivity index (χ0n) is 10.1. The van der Waals surface area contributed by atoms with Gasteiger partial charge in [0, 0.05) is 42.8 Å². The molecule has 2 rings (SSSR count). The van der Waals surface area contributed by atoms with Gasteiger partial charge in [-0.1, -0.05) is 6.92 Å². The number of amides is 1. The Kier molecular flexibility index (Phi) is 3.58. The molecule has 0 radical (unpaired) electrons. The maximum Gasteiger partial charge on any atom is 0.294 e. The summed E-state index contributed by atoms with van der Waals surface area (Å²) in [6, 6.07) is 0. The highest BCUT2D eigenvalue weighted by Gasteiger charge is 2.38. The van der Waals surface area contributed by atoms with E-state index in [9.17, 15) is 4.79 Å².